The van der Waals surface area contributed by atoms with Gasteiger partial charge in [0.15, 0.2) is 0 Å². The first-order chi connectivity index (χ1) is 11.8. The zero-order valence-electron chi connectivity index (χ0n) is 14.7. The zero-order chi connectivity index (χ0) is 18.2. The molecule has 0 aliphatic carbocycles. The van der Waals surface area contributed by atoms with Crippen LogP contribution in [-0.4, -0.2) is 40.1 Å². The van der Waals surface area contributed by atoms with Crippen LogP contribution in [0.2, 0.25) is 0 Å². The van der Waals surface area contributed by atoms with Gasteiger partial charge in [0.25, 0.3) is 5.91 Å². The number of aliphatic carboxylic acids is 1. The zero-order valence-corrected chi connectivity index (χ0v) is 14.7. The third kappa shape index (κ3) is 3.04. The summed E-state index contributed by atoms with van der Waals surface area (Å²) in [5.74, 6) is -1.08. The summed E-state index contributed by atoms with van der Waals surface area (Å²) in [4.78, 5) is 25.9. The minimum Gasteiger partial charge on any atom is -0.481 e. The summed E-state index contributed by atoms with van der Waals surface area (Å²) in [5.41, 5.74) is 1.71. The van der Waals surface area contributed by atoms with E-state index in [1.54, 1.807) is 11.0 Å². The highest BCUT2D eigenvalue weighted by Gasteiger charge is 2.49. The minimum atomic E-state index is -0.893. The number of nitrogens with zero attached hydrogens (tertiary/aromatic N) is 2. The van der Waals surface area contributed by atoms with Crippen molar-refractivity contribution in [3.63, 3.8) is 0 Å². The van der Waals surface area contributed by atoms with E-state index in [0.717, 1.165) is 11.1 Å². The fraction of sp³-hybridized carbons (Fsp3) is 0.421. The smallest absolute Gasteiger partial charge is 0.311 e. The van der Waals surface area contributed by atoms with Crippen LogP contribution in [0.25, 0.3) is 11.3 Å². The molecule has 25 heavy (non-hydrogen) atoms. The van der Waals surface area contributed by atoms with E-state index in [2.05, 4.69) is 5.16 Å². The predicted molar refractivity (Wildman–Crippen MR) is 92.1 cm³/mol. The standard InChI is InChI=1S/C19H22N2O4/c1-12(2)19(18(23)24)8-9-21(11-19)17(22)16-10-15(20-25-16)14-6-4-13(3)5-7-14/h4-7,10,12H,8-9,11H2,1-3H3,(H,23,24). The van der Waals surface area contributed by atoms with Crippen molar-refractivity contribution in [1.29, 1.82) is 0 Å². The third-order valence-electron chi connectivity index (χ3n) is 5.19. The van der Waals surface area contributed by atoms with Crippen LogP contribution in [0.5, 0.6) is 0 Å². The molecule has 1 aliphatic heterocycles. The summed E-state index contributed by atoms with van der Waals surface area (Å²) in [6.07, 6.45) is 0.449. The van der Waals surface area contributed by atoms with Crippen LogP contribution in [-0.2, 0) is 4.79 Å². The monoisotopic (exact) mass is 342 g/mol. The van der Waals surface area contributed by atoms with Crippen LogP contribution in [0.4, 0.5) is 0 Å². The molecule has 132 valence electrons. The molecule has 0 spiro atoms. The highest BCUT2D eigenvalue weighted by molar-refractivity contribution is 5.93. The number of carbonyl (C=O) groups excluding carboxylic acids is 1. The van der Waals surface area contributed by atoms with Gasteiger partial charge in [-0.3, -0.25) is 9.59 Å². The van der Waals surface area contributed by atoms with Crippen molar-refractivity contribution in [2.45, 2.75) is 27.2 Å². The molecule has 1 unspecified atom stereocenters. The Balaban J connectivity index is 1.79. The summed E-state index contributed by atoms with van der Waals surface area (Å²) in [6, 6.07) is 9.39. The SMILES string of the molecule is Cc1ccc(-c2cc(C(=O)N3CCC(C(=O)O)(C(C)C)C3)on2)cc1. The summed E-state index contributed by atoms with van der Waals surface area (Å²) in [5, 5.41) is 13.6. The molecular formula is C19H22N2O4. The quantitative estimate of drug-likeness (QED) is 0.922. The lowest BCUT2D eigenvalue weighted by Crippen LogP contribution is -2.40. The van der Waals surface area contributed by atoms with E-state index in [9.17, 15) is 14.7 Å². The largest absolute Gasteiger partial charge is 0.481 e. The van der Waals surface area contributed by atoms with E-state index in [1.807, 2.05) is 45.0 Å². The van der Waals surface area contributed by atoms with Gasteiger partial charge in [-0.05, 0) is 19.3 Å². The molecule has 0 radical (unpaired) electrons. The molecule has 6 nitrogen and oxygen atoms in total. The Morgan fingerprint density at radius 3 is 2.52 bits per heavy atom. The average molecular weight is 342 g/mol. The second-order valence-corrected chi connectivity index (χ2v) is 7.04. The molecule has 3 rings (SSSR count). The van der Waals surface area contributed by atoms with Gasteiger partial charge in [0.2, 0.25) is 5.76 Å². The summed E-state index contributed by atoms with van der Waals surface area (Å²) in [6.45, 7) is 6.36. The van der Waals surface area contributed by atoms with E-state index in [0.29, 0.717) is 18.7 Å². The number of aryl methyl sites for hydroxylation is 1. The number of aromatic nitrogens is 1. The topological polar surface area (TPSA) is 83.6 Å². The highest BCUT2D eigenvalue weighted by atomic mass is 16.5. The minimum absolute atomic E-state index is 0.0550. The van der Waals surface area contributed by atoms with Crippen LogP contribution in [0.15, 0.2) is 34.9 Å². The van der Waals surface area contributed by atoms with Crippen LogP contribution in [0.3, 0.4) is 0 Å². The van der Waals surface area contributed by atoms with Crippen LogP contribution >= 0.6 is 0 Å². The van der Waals surface area contributed by atoms with E-state index >= 15 is 0 Å². The molecule has 1 aromatic heterocycles. The molecule has 1 N–H and O–H groups in total. The Bertz CT molecular complexity index is 794. The van der Waals surface area contributed by atoms with Crippen molar-refractivity contribution in [2.24, 2.45) is 11.3 Å². The van der Waals surface area contributed by atoms with E-state index in [4.69, 9.17) is 4.52 Å². The van der Waals surface area contributed by atoms with Gasteiger partial charge in [-0.15, -0.1) is 0 Å². The molecule has 1 fully saturated rings. The predicted octanol–water partition coefficient (Wildman–Crippen LogP) is 3.22. The molecular weight excluding hydrogens is 320 g/mol. The molecule has 0 bridgehead atoms. The summed E-state index contributed by atoms with van der Waals surface area (Å²) >= 11 is 0. The molecule has 1 atom stereocenters. The Labute approximate surface area is 146 Å². The first-order valence-corrected chi connectivity index (χ1v) is 8.40. The van der Waals surface area contributed by atoms with Crippen molar-refractivity contribution in [3.05, 3.63) is 41.7 Å². The maximum atomic E-state index is 12.7. The van der Waals surface area contributed by atoms with Gasteiger partial charge < -0.3 is 14.5 Å². The number of hydrogen-bond donors (Lipinski definition) is 1. The van der Waals surface area contributed by atoms with Gasteiger partial charge in [-0.25, -0.2) is 0 Å². The van der Waals surface area contributed by atoms with E-state index < -0.39 is 11.4 Å². The molecule has 1 amide bonds. The number of rotatable bonds is 4. The van der Waals surface area contributed by atoms with E-state index in [-0.39, 0.29) is 24.1 Å². The van der Waals surface area contributed by atoms with Crippen molar-refractivity contribution >= 4 is 11.9 Å². The first kappa shape index (κ1) is 17.2. The second kappa shape index (κ2) is 6.35. The van der Waals surface area contributed by atoms with Crippen LogP contribution < -0.4 is 0 Å². The number of carboxylic acids is 1. The summed E-state index contributed by atoms with van der Waals surface area (Å²) < 4.78 is 5.22. The molecule has 1 aromatic carbocycles. The third-order valence-corrected chi connectivity index (χ3v) is 5.19. The number of amides is 1. The molecule has 1 saturated heterocycles. The average Bonchev–Trinajstić information content (AvgIpc) is 3.23. The Morgan fingerprint density at radius 2 is 1.96 bits per heavy atom. The van der Waals surface area contributed by atoms with Crippen molar-refractivity contribution in [1.82, 2.24) is 10.1 Å². The normalized spacial score (nSPS) is 20.2. The van der Waals surface area contributed by atoms with E-state index in [1.165, 1.54) is 0 Å². The number of benzene rings is 1. The molecule has 1 aliphatic rings. The van der Waals surface area contributed by atoms with Crippen molar-refractivity contribution < 1.29 is 19.2 Å². The van der Waals surface area contributed by atoms with Crippen LogP contribution in [0.1, 0.15) is 36.4 Å². The molecule has 6 heteroatoms. The maximum absolute atomic E-state index is 12.7. The lowest BCUT2D eigenvalue weighted by Gasteiger charge is -2.28. The number of carboxylic acid groups (broad SMARTS) is 1. The molecule has 2 heterocycles. The highest BCUT2D eigenvalue weighted by Crippen LogP contribution is 2.38. The van der Waals surface area contributed by atoms with Crippen LogP contribution in [0, 0.1) is 18.3 Å². The van der Waals surface area contributed by atoms with Gasteiger partial charge in [-0.2, -0.15) is 0 Å². The van der Waals surface area contributed by atoms with Gasteiger partial charge in [-0.1, -0.05) is 48.8 Å². The van der Waals surface area contributed by atoms with Gasteiger partial charge in [0, 0.05) is 24.7 Å². The Kier molecular flexibility index (Phi) is 4.37. The Hall–Kier alpha value is -2.63. The van der Waals surface area contributed by atoms with Crippen molar-refractivity contribution in [3.8, 4) is 11.3 Å². The number of likely N-dealkylation sites (tertiary alicyclic amines) is 1. The van der Waals surface area contributed by atoms with Gasteiger partial charge in [0.1, 0.15) is 5.69 Å². The lowest BCUT2D eigenvalue weighted by molar-refractivity contribution is -0.150. The first-order valence-electron chi connectivity index (χ1n) is 8.40. The number of hydrogen-bond acceptors (Lipinski definition) is 4. The van der Waals surface area contributed by atoms with Crippen molar-refractivity contribution in [2.75, 3.05) is 13.1 Å². The number of carbonyl (C=O) groups is 2. The van der Waals surface area contributed by atoms with Gasteiger partial charge >= 0.3 is 5.97 Å². The Morgan fingerprint density at radius 1 is 1.28 bits per heavy atom. The fourth-order valence-corrected chi connectivity index (χ4v) is 3.29. The molecule has 0 saturated carbocycles. The molecule has 2 aromatic rings. The fourth-order valence-electron chi connectivity index (χ4n) is 3.29. The summed E-state index contributed by atoms with van der Waals surface area (Å²) in [7, 11) is 0. The second-order valence-electron chi connectivity index (χ2n) is 7.04. The maximum Gasteiger partial charge on any atom is 0.311 e. The lowest BCUT2D eigenvalue weighted by atomic mass is 9.76. The van der Waals surface area contributed by atoms with Gasteiger partial charge in [0.05, 0.1) is 5.41 Å².